The maximum Gasteiger partial charge on any atom is 0.0707 e. The van der Waals surface area contributed by atoms with Crippen LogP contribution in [0.1, 0.15) is 18.4 Å². The summed E-state index contributed by atoms with van der Waals surface area (Å²) in [5.41, 5.74) is 8.38. The molecule has 0 saturated carbocycles. The fraction of sp³-hybridized carbons (Fsp3) is 0.412. The summed E-state index contributed by atoms with van der Waals surface area (Å²) in [5.74, 6) is 0. The Morgan fingerprint density at radius 3 is 2.40 bits per heavy atom. The minimum Gasteiger partial charge on any atom is -0.398 e. The molecule has 2 aromatic carbocycles. The lowest BCUT2D eigenvalue weighted by molar-refractivity contribution is -0.0409. The lowest BCUT2D eigenvalue weighted by Gasteiger charge is -2.32. The summed E-state index contributed by atoms with van der Waals surface area (Å²) in [5, 5.41) is 2.49. The van der Waals surface area contributed by atoms with E-state index in [4.69, 9.17) is 10.5 Å². The highest BCUT2D eigenvalue weighted by Crippen LogP contribution is 2.29. The van der Waals surface area contributed by atoms with Gasteiger partial charge in [0.25, 0.3) is 0 Å². The smallest absolute Gasteiger partial charge is 0.0707 e. The van der Waals surface area contributed by atoms with E-state index < -0.39 is 0 Å². The van der Waals surface area contributed by atoms with Crippen LogP contribution in [0, 0.1) is 0 Å². The number of anilines is 1. The molecule has 20 heavy (non-hydrogen) atoms. The minimum atomic E-state index is 0.440. The maximum atomic E-state index is 6.23. The van der Waals surface area contributed by atoms with Gasteiger partial charge in [-0.2, -0.15) is 0 Å². The van der Waals surface area contributed by atoms with Gasteiger partial charge in [-0.3, -0.25) is 4.90 Å². The van der Waals surface area contributed by atoms with Crippen molar-refractivity contribution in [1.82, 2.24) is 4.90 Å². The topological polar surface area (TPSA) is 38.5 Å². The molecule has 2 N–H and O–H groups in total. The van der Waals surface area contributed by atoms with Gasteiger partial charge in [0, 0.05) is 25.3 Å². The number of likely N-dealkylation sites (tertiary alicyclic amines) is 1. The van der Waals surface area contributed by atoms with E-state index in [-0.39, 0.29) is 0 Å². The summed E-state index contributed by atoms with van der Waals surface area (Å²) < 4.78 is 5.89. The van der Waals surface area contributed by atoms with Gasteiger partial charge >= 0.3 is 0 Å². The quantitative estimate of drug-likeness (QED) is 0.851. The molecule has 3 nitrogen and oxygen atoms in total. The van der Waals surface area contributed by atoms with Crippen molar-refractivity contribution in [3.8, 4) is 0 Å². The Morgan fingerprint density at radius 1 is 1.05 bits per heavy atom. The van der Waals surface area contributed by atoms with Crippen LogP contribution in [-0.2, 0) is 11.3 Å². The number of morpholine rings is 1. The largest absolute Gasteiger partial charge is 0.398 e. The summed E-state index contributed by atoms with van der Waals surface area (Å²) >= 11 is 0. The van der Waals surface area contributed by atoms with Gasteiger partial charge in [-0.05, 0) is 41.3 Å². The number of fused-ring (bicyclic) bond motifs is 3. The molecular weight excluding hydrogens is 248 g/mol. The molecule has 2 saturated heterocycles. The van der Waals surface area contributed by atoms with Crippen molar-refractivity contribution in [2.45, 2.75) is 31.6 Å². The molecule has 3 heteroatoms. The maximum absolute atomic E-state index is 6.23. The fourth-order valence-electron chi connectivity index (χ4n) is 3.51. The van der Waals surface area contributed by atoms with Crippen molar-refractivity contribution in [2.24, 2.45) is 0 Å². The number of benzene rings is 2. The second-order valence-corrected chi connectivity index (χ2v) is 6.05. The SMILES string of the molecule is Nc1cc2ccccc2cc1CN1CC2CCC(C1)O2. The molecule has 0 spiro atoms. The summed E-state index contributed by atoms with van der Waals surface area (Å²) in [7, 11) is 0. The Hall–Kier alpha value is -1.58. The highest BCUT2D eigenvalue weighted by molar-refractivity contribution is 5.86. The van der Waals surface area contributed by atoms with E-state index in [2.05, 4.69) is 41.3 Å². The predicted molar refractivity (Wildman–Crippen MR) is 81.5 cm³/mol. The first-order chi connectivity index (χ1) is 9.78. The zero-order valence-corrected chi connectivity index (χ0v) is 11.6. The predicted octanol–water partition coefficient (Wildman–Crippen LogP) is 2.79. The van der Waals surface area contributed by atoms with Crippen molar-refractivity contribution in [1.29, 1.82) is 0 Å². The molecule has 2 unspecified atom stereocenters. The Labute approximate surface area is 119 Å². The summed E-state index contributed by atoms with van der Waals surface area (Å²) in [6.45, 7) is 3.03. The molecule has 0 radical (unpaired) electrons. The van der Waals surface area contributed by atoms with Crippen LogP contribution in [0.2, 0.25) is 0 Å². The van der Waals surface area contributed by atoms with E-state index in [0.717, 1.165) is 25.3 Å². The monoisotopic (exact) mass is 268 g/mol. The fourth-order valence-corrected chi connectivity index (χ4v) is 3.51. The van der Waals surface area contributed by atoms with E-state index in [0.29, 0.717) is 12.2 Å². The number of ether oxygens (including phenoxy) is 1. The molecule has 4 rings (SSSR count). The molecule has 0 aliphatic carbocycles. The van der Waals surface area contributed by atoms with Crippen LogP contribution in [0.3, 0.4) is 0 Å². The van der Waals surface area contributed by atoms with E-state index in [1.54, 1.807) is 0 Å². The number of rotatable bonds is 2. The number of hydrogen-bond acceptors (Lipinski definition) is 3. The van der Waals surface area contributed by atoms with Gasteiger partial charge < -0.3 is 10.5 Å². The zero-order valence-electron chi connectivity index (χ0n) is 11.6. The first-order valence-corrected chi connectivity index (χ1v) is 7.43. The molecule has 2 bridgehead atoms. The van der Waals surface area contributed by atoms with Crippen molar-refractivity contribution in [2.75, 3.05) is 18.8 Å². The Bertz CT molecular complexity index is 628. The third kappa shape index (κ3) is 2.17. The molecule has 2 aliphatic heterocycles. The lowest BCUT2D eigenvalue weighted by Crippen LogP contribution is -2.42. The molecule has 0 aromatic heterocycles. The van der Waals surface area contributed by atoms with Gasteiger partial charge in [-0.1, -0.05) is 24.3 Å². The molecule has 2 fully saturated rings. The minimum absolute atomic E-state index is 0.440. The van der Waals surface area contributed by atoms with Crippen LogP contribution in [-0.4, -0.2) is 30.2 Å². The summed E-state index contributed by atoms with van der Waals surface area (Å²) in [6, 6.07) is 12.7. The average molecular weight is 268 g/mol. The van der Waals surface area contributed by atoms with Crippen molar-refractivity contribution in [3.05, 3.63) is 42.0 Å². The number of hydrogen-bond donors (Lipinski definition) is 1. The van der Waals surface area contributed by atoms with Gasteiger partial charge in [-0.15, -0.1) is 0 Å². The van der Waals surface area contributed by atoms with Crippen LogP contribution in [0.5, 0.6) is 0 Å². The highest BCUT2D eigenvalue weighted by Gasteiger charge is 2.33. The first kappa shape index (κ1) is 12.2. The Balaban J connectivity index is 1.60. The second-order valence-electron chi connectivity index (χ2n) is 6.05. The van der Waals surface area contributed by atoms with Gasteiger partial charge in [0.05, 0.1) is 12.2 Å². The van der Waals surface area contributed by atoms with E-state index in [1.165, 1.54) is 29.2 Å². The van der Waals surface area contributed by atoms with Crippen LogP contribution < -0.4 is 5.73 Å². The second kappa shape index (κ2) is 4.76. The van der Waals surface area contributed by atoms with E-state index in [9.17, 15) is 0 Å². The lowest BCUT2D eigenvalue weighted by atomic mass is 10.0. The molecule has 2 heterocycles. The van der Waals surface area contributed by atoms with Crippen molar-refractivity contribution in [3.63, 3.8) is 0 Å². The summed E-state index contributed by atoms with van der Waals surface area (Å²) in [4.78, 5) is 2.49. The van der Waals surface area contributed by atoms with Crippen LogP contribution >= 0.6 is 0 Å². The average Bonchev–Trinajstić information content (AvgIpc) is 2.79. The van der Waals surface area contributed by atoms with E-state index in [1.807, 2.05) is 0 Å². The molecule has 2 aromatic rings. The third-order valence-corrected chi connectivity index (χ3v) is 4.52. The molecule has 0 amide bonds. The molecular formula is C17H20N2O. The van der Waals surface area contributed by atoms with Crippen molar-refractivity contribution < 1.29 is 4.74 Å². The Kier molecular flexibility index (Phi) is 2.90. The van der Waals surface area contributed by atoms with Crippen LogP contribution in [0.15, 0.2) is 36.4 Å². The van der Waals surface area contributed by atoms with Crippen molar-refractivity contribution >= 4 is 16.5 Å². The highest BCUT2D eigenvalue weighted by atomic mass is 16.5. The molecule has 104 valence electrons. The van der Waals surface area contributed by atoms with E-state index >= 15 is 0 Å². The van der Waals surface area contributed by atoms with Gasteiger partial charge in [0.1, 0.15) is 0 Å². The van der Waals surface area contributed by atoms with Gasteiger partial charge in [0.2, 0.25) is 0 Å². The number of nitrogens with two attached hydrogens (primary N) is 1. The third-order valence-electron chi connectivity index (χ3n) is 4.52. The van der Waals surface area contributed by atoms with Gasteiger partial charge in [0.15, 0.2) is 0 Å². The first-order valence-electron chi connectivity index (χ1n) is 7.43. The molecule has 2 atom stereocenters. The van der Waals surface area contributed by atoms with Crippen LogP contribution in [0.25, 0.3) is 10.8 Å². The zero-order chi connectivity index (χ0) is 13.5. The van der Waals surface area contributed by atoms with Gasteiger partial charge in [-0.25, -0.2) is 0 Å². The number of nitrogens with zero attached hydrogens (tertiary/aromatic N) is 1. The normalized spacial score (nSPS) is 26.2. The number of nitrogen functional groups attached to an aromatic ring is 1. The molecule has 2 aliphatic rings. The Morgan fingerprint density at radius 2 is 1.70 bits per heavy atom. The standard InChI is InChI=1S/C17H20N2O/c18-17-8-13-4-2-1-3-12(13)7-14(17)9-19-10-15-5-6-16(11-19)20-15/h1-4,7-8,15-16H,5-6,9-11,18H2. The van der Waals surface area contributed by atoms with Crippen LogP contribution in [0.4, 0.5) is 5.69 Å². The summed E-state index contributed by atoms with van der Waals surface area (Å²) in [6.07, 6.45) is 3.31.